The van der Waals surface area contributed by atoms with Crippen LogP contribution in [0.1, 0.15) is 32.4 Å². The highest BCUT2D eigenvalue weighted by Gasteiger charge is 2.39. The van der Waals surface area contributed by atoms with E-state index in [1.807, 2.05) is 26.0 Å². The van der Waals surface area contributed by atoms with E-state index in [0.717, 1.165) is 38.8 Å². The smallest absolute Gasteiger partial charge is 0.231 e. The molecule has 0 radical (unpaired) electrons. The fraction of sp³-hybridized carbons (Fsp3) is 0.267. The Morgan fingerprint density at radius 2 is 1.74 bits per heavy atom. The number of carbonyl (C=O) groups is 1. The summed E-state index contributed by atoms with van der Waals surface area (Å²) in [5.74, 6) is 1.44. The van der Waals surface area contributed by atoms with E-state index < -0.39 is 5.38 Å². The summed E-state index contributed by atoms with van der Waals surface area (Å²) in [4.78, 5) is 12.0. The van der Waals surface area contributed by atoms with E-state index in [0.29, 0.717) is 5.75 Å². The van der Waals surface area contributed by atoms with Crippen molar-refractivity contribution in [1.29, 1.82) is 0 Å². The molecule has 0 bridgehead atoms. The van der Waals surface area contributed by atoms with E-state index in [-0.39, 0.29) is 12.6 Å². The number of fused-ring (bicyclic) bond motifs is 4. The largest absolute Gasteiger partial charge is 0.454 e. The Labute approximate surface area is 115 Å². The molecule has 1 heterocycles. The Bertz CT molecular complexity index is 764. The molecule has 2 aromatic rings. The molecular formula is C15H11ClO3. The van der Waals surface area contributed by atoms with Gasteiger partial charge in [0.2, 0.25) is 6.79 Å². The van der Waals surface area contributed by atoms with Crippen LogP contribution in [0.15, 0.2) is 12.1 Å². The van der Waals surface area contributed by atoms with Crippen LogP contribution in [-0.4, -0.2) is 12.6 Å². The monoisotopic (exact) mass is 274 g/mol. The highest BCUT2D eigenvalue weighted by molar-refractivity contribution is 6.41. The molecule has 1 unspecified atom stereocenters. The van der Waals surface area contributed by atoms with E-state index in [1.165, 1.54) is 0 Å². The minimum absolute atomic E-state index is 0.00336. The molecule has 0 spiro atoms. The average Bonchev–Trinajstić information content (AvgIpc) is 2.86. The van der Waals surface area contributed by atoms with Gasteiger partial charge in [0.15, 0.2) is 17.3 Å². The lowest BCUT2D eigenvalue weighted by atomic mass is 9.77. The summed E-state index contributed by atoms with van der Waals surface area (Å²) in [6.45, 7) is 4.30. The Hall–Kier alpha value is -1.74. The normalized spacial score (nSPS) is 19.5. The van der Waals surface area contributed by atoms with Crippen LogP contribution < -0.4 is 9.47 Å². The second kappa shape index (κ2) is 3.42. The molecule has 4 rings (SSSR count). The molecule has 1 aliphatic carbocycles. The van der Waals surface area contributed by atoms with E-state index in [4.69, 9.17) is 21.1 Å². The zero-order valence-electron chi connectivity index (χ0n) is 10.5. The molecule has 0 fully saturated rings. The molecule has 0 amide bonds. The minimum Gasteiger partial charge on any atom is -0.454 e. The van der Waals surface area contributed by atoms with Gasteiger partial charge in [-0.15, -0.1) is 11.6 Å². The van der Waals surface area contributed by atoms with Gasteiger partial charge in [-0.25, -0.2) is 0 Å². The van der Waals surface area contributed by atoms with Crippen LogP contribution in [-0.2, 0) is 0 Å². The van der Waals surface area contributed by atoms with Gasteiger partial charge in [0.05, 0.1) is 0 Å². The fourth-order valence-corrected chi connectivity index (χ4v) is 3.34. The number of benzene rings is 2. The summed E-state index contributed by atoms with van der Waals surface area (Å²) in [7, 11) is 0. The second-order valence-corrected chi connectivity index (χ2v) is 5.45. The topological polar surface area (TPSA) is 35.5 Å². The van der Waals surface area contributed by atoms with Crippen molar-refractivity contribution in [3.05, 3.63) is 34.4 Å². The first-order valence-corrected chi connectivity index (χ1v) is 6.58. The highest BCUT2D eigenvalue weighted by Crippen LogP contribution is 2.48. The first-order valence-electron chi connectivity index (χ1n) is 6.14. The predicted octanol–water partition coefficient (Wildman–Crippen LogP) is 3.66. The van der Waals surface area contributed by atoms with Crippen molar-refractivity contribution in [2.75, 3.05) is 6.79 Å². The Kier molecular flexibility index (Phi) is 2.00. The van der Waals surface area contributed by atoms with Gasteiger partial charge in [-0.1, -0.05) is 0 Å². The lowest BCUT2D eigenvalue weighted by Gasteiger charge is -2.29. The number of ketones is 1. The van der Waals surface area contributed by atoms with Crippen molar-refractivity contribution < 1.29 is 14.3 Å². The number of rotatable bonds is 0. The maximum absolute atomic E-state index is 12.0. The molecule has 0 saturated carbocycles. The first kappa shape index (κ1) is 11.1. The van der Waals surface area contributed by atoms with Gasteiger partial charge in [-0.2, -0.15) is 0 Å². The van der Waals surface area contributed by atoms with E-state index in [1.54, 1.807) is 0 Å². The van der Waals surface area contributed by atoms with E-state index in [9.17, 15) is 4.79 Å². The van der Waals surface area contributed by atoms with Gasteiger partial charge in [0.1, 0.15) is 5.38 Å². The van der Waals surface area contributed by atoms with Gasteiger partial charge < -0.3 is 9.47 Å². The van der Waals surface area contributed by atoms with Gasteiger partial charge in [-0.3, -0.25) is 4.79 Å². The molecule has 19 heavy (non-hydrogen) atoms. The Balaban J connectivity index is 2.17. The highest BCUT2D eigenvalue weighted by atomic mass is 35.5. The third-order valence-corrected chi connectivity index (χ3v) is 4.57. The number of alkyl halides is 1. The van der Waals surface area contributed by atoms with Gasteiger partial charge in [0, 0.05) is 5.56 Å². The lowest BCUT2D eigenvalue weighted by molar-refractivity contribution is 0.0962. The van der Waals surface area contributed by atoms with Crippen molar-refractivity contribution >= 4 is 28.2 Å². The summed E-state index contributed by atoms with van der Waals surface area (Å²) in [6.07, 6.45) is 0. The molecular weight excluding hydrogens is 264 g/mol. The van der Waals surface area contributed by atoms with Crippen molar-refractivity contribution in [2.24, 2.45) is 0 Å². The van der Waals surface area contributed by atoms with Crippen molar-refractivity contribution in [1.82, 2.24) is 0 Å². The summed E-state index contributed by atoms with van der Waals surface area (Å²) in [6, 6.07) is 3.85. The third-order valence-electron chi connectivity index (χ3n) is 4.15. The Morgan fingerprint density at radius 1 is 1.11 bits per heavy atom. The maximum atomic E-state index is 12.0. The van der Waals surface area contributed by atoms with Gasteiger partial charge >= 0.3 is 0 Å². The molecule has 0 N–H and O–H groups in total. The van der Waals surface area contributed by atoms with Gasteiger partial charge in [0.25, 0.3) is 0 Å². The van der Waals surface area contributed by atoms with Crippen molar-refractivity contribution in [3.8, 4) is 11.5 Å². The van der Waals surface area contributed by atoms with Crippen LogP contribution in [0.5, 0.6) is 11.5 Å². The molecule has 0 saturated heterocycles. The van der Waals surface area contributed by atoms with Crippen LogP contribution in [0.2, 0.25) is 0 Å². The SMILES string of the molecule is Cc1c2c(c3cc4c(cc3c1C)OCO4)C(=O)C2Cl. The third kappa shape index (κ3) is 1.21. The maximum Gasteiger partial charge on any atom is 0.231 e. The fourth-order valence-electron chi connectivity index (χ4n) is 2.96. The van der Waals surface area contributed by atoms with Crippen LogP contribution in [0.4, 0.5) is 0 Å². The standard InChI is InChI=1S/C15H11ClO3/c1-6-7(2)12-13(15(17)14(12)16)9-4-11-10(3-8(6)9)18-5-19-11/h3-4,14H,5H2,1-2H3. The number of aryl methyl sites for hydroxylation is 1. The molecule has 1 aliphatic heterocycles. The number of halogens is 1. The number of hydrogen-bond acceptors (Lipinski definition) is 3. The van der Waals surface area contributed by atoms with Gasteiger partial charge in [-0.05, 0) is 53.4 Å². The van der Waals surface area contributed by atoms with Crippen LogP contribution >= 0.6 is 11.6 Å². The van der Waals surface area contributed by atoms with Crippen LogP contribution in [0.3, 0.4) is 0 Å². The molecule has 0 aromatic heterocycles. The van der Waals surface area contributed by atoms with E-state index >= 15 is 0 Å². The molecule has 2 aromatic carbocycles. The number of hydrogen-bond donors (Lipinski definition) is 0. The zero-order chi connectivity index (χ0) is 13.3. The van der Waals surface area contributed by atoms with Crippen LogP contribution in [0, 0.1) is 13.8 Å². The van der Waals surface area contributed by atoms with Crippen LogP contribution in [0.25, 0.3) is 10.8 Å². The quantitative estimate of drug-likeness (QED) is 0.688. The summed E-state index contributed by atoms with van der Waals surface area (Å²) in [5, 5.41) is 1.46. The lowest BCUT2D eigenvalue weighted by Crippen LogP contribution is -2.24. The summed E-state index contributed by atoms with van der Waals surface area (Å²) in [5.41, 5.74) is 3.96. The summed E-state index contributed by atoms with van der Waals surface area (Å²) >= 11 is 6.12. The minimum atomic E-state index is -0.497. The van der Waals surface area contributed by atoms with E-state index in [2.05, 4.69) is 0 Å². The predicted molar refractivity (Wildman–Crippen MR) is 72.5 cm³/mol. The zero-order valence-corrected chi connectivity index (χ0v) is 11.3. The Morgan fingerprint density at radius 3 is 2.42 bits per heavy atom. The summed E-state index contributed by atoms with van der Waals surface area (Å²) < 4.78 is 10.8. The molecule has 3 nitrogen and oxygen atoms in total. The molecule has 1 atom stereocenters. The van der Waals surface area contributed by atoms with Crippen molar-refractivity contribution in [2.45, 2.75) is 19.2 Å². The number of ether oxygens (including phenoxy) is 2. The molecule has 2 aliphatic rings. The van der Waals surface area contributed by atoms with Crippen molar-refractivity contribution in [3.63, 3.8) is 0 Å². The number of Topliss-reactive ketones (excluding diaryl/α,β-unsaturated/α-hetero) is 1. The second-order valence-electron chi connectivity index (χ2n) is 5.02. The first-order chi connectivity index (χ1) is 9.09. The number of carbonyl (C=O) groups excluding carboxylic acids is 1. The molecule has 4 heteroatoms. The average molecular weight is 275 g/mol. The molecule has 96 valence electrons.